The third-order valence-corrected chi connectivity index (χ3v) is 12.1. The minimum absolute atomic E-state index is 0.0593. The molecule has 1 amide bonds. The average molecular weight is 759 g/mol. The van der Waals surface area contributed by atoms with Crippen LogP contribution in [0.3, 0.4) is 0 Å². The fraction of sp³-hybridized carbons (Fsp3) is 0.289. The number of pyridine rings is 2. The molecule has 54 heavy (non-hydrogen) atoms. The predicted octanol–water partition coefficient (Wildman–Crippen LogP) is 7.85. The Morgan fingerprint density at radius 3 is 2.56 bits per heavy atom. The van der Waals surface area contributed by atoms with E-state index in [1.54, 1.807) is 18.2 Å². The van der Waals surface area contributed by atoms with Crippen LogP contribution in [0.2, 0.25) is 0 Å². The smallest absolute Gasteiger partial charge is 0.434 e. The van der Waals surface area contributed by atoms with Crippen LogP contribution < -0.4 is 15.8 Å². The zero-order chi connectivity index (χ0) is 37.0. The molecular weight excluding hydrogens is 732 g/mol. The second kappa shape index (κ2) is 11.9. The number of alkyl halides is 2. The number of anilines is 1. The molecule has 274 valence electrons. The highest BCUT2D eigenvalue weighted by Gasteiger charge is 2.65. The van der Waals surface area contributed by atoms with Gasteiger partial charge in [-0.3, -0.25) is 9.78 Å². The zero-order valence-corrected chi connectivity index (χ0v) is 28.8. The maximum absolute atomic E-state index is 14.7. The van der Waals surface area contributed by atoms with Gasteiger partial charge in [-0.15, -0.1) is 16.4 Å². The molecule has 4 aromatic heterocycles. The summed E-state index contributed by atoms with van der Waals surface area (Å²) in [5.74, 6) is -2.95. The number of nitrogens with one attached hydrogen (secondary N) is 2. The van der Waals surface area contributed by atoms with E-state index in [1.807, 2.05) is 4.90 Å². The molecule has 1 aliphatic carbocycles. The number of ether oxygens (including phenoxy) is 1. The molecule has 10 nitrogen and oxygen atoms in total. The highest BCUT2D eigenvalue weighted by molar-refractivity contribution is 7.23. The number of H-pyrrole nitrogens is 1. The minimum Gasteiger partial charge on any atom is -0.490 e. The topological polar surface area (TPSA) is 126 Å². The van der Waals surface area contributed by atoms with Gasteiger partial charge in [-0.1, -0.05) is 12.1 Å². The summed E-state index contributed by atoms with van der Waals surface area (Å²) in [5.41, 5.74) is 2.02. The number of benzene rings is 2. The number of hydrogen-bond donors (Lipinski definition) is 2. The van der Waals surface area contributed by atoms with Crippen molar-refractivity contribution in [3.05, 3.63) is 110 Å². The van der Waals surface area contributed by atoms with Gasteiger partial charge in [0.25, 0.3) is 18.2 Å². The number of amides is 1. The molecule has 4 aliphatic heterocycles. The van der Waals surface area contributed by atoms with Gasteiger partial charge in [-0.2, -0.15) is 0 Å². The predicted molar refractivity (Wildman–Crippen MR) is 186 cm³/mol. The van der Waals surface area contributed by atoms with Gasteiger partial charge >= 0.3 is 5.76 Å². The first-order valence-electron chi connectivity index (χ1n) is 17.4. The van der Waals surface area contributed by atoms with Gasteiger partial charge < -0.3 is 19.4 Å². The second-order valence-electron chi connectivity index (χ2n) is 14.2. The number of aromatic amines is 1. The van der Waals surface area contributed by atoms with Crippen molar-refractivity contribution >= 4 is 33.1 Å². The fourth-order valence-electron chi connectivity index (χ4n) is 8.64. The van der Waals surface area contributed by atoms with Crippen LogP contribution in [0.1, 0.15) is 70.3 Å². The molecule has 6 aromatic rings. The molecule has 1 atom stereocenters. The van der Waals surface area contributed by atoms with Gasteiger partial charge in [-0.25, -0.2) is 36.8 Å². The maximum Gasteiger partial charge on any atom is 0.434 e. The van der Waals surface area contributed by atoms with Crippen molar-refractivity contribution in [2.24, 2.45) is 5.92 Å². The lowest BCUT2D eigenvalue weighted by Crippen LogP contribution is -2.40. The van der Waals surface area contributed by atoms with Crippen molar-refractivity contribution < 1.29 is 35.9 Å². The van der Waals surface area contributed by atoms with Gasteiger partial charge in [-0.05, 0) is 72.9 Å². The Morgan fingerprint density at radius 1 is 0.981 bits per heavy atom. The highest BCUT2D eigenvalue weighted by Crippen LogP contribution is 2.63. The minimum atomic E-state index is -2.95. The van der Waals surface area contributed by atoms with Crippen LogP contribution in [0, 0.1) is 23.4 Å². The fourth-order valence-corrected chi connectivity index (χ4v) is 9.79. The van der Waals surface area contributed by atoms with Crippen LogP contribution in [-0.2, 0) is 18.4 Å². The molecule has 16 heteroatoms. The number of hydrogen-bond acceptors (Lipinski definition) is 9. The molecule has 8 heterocycles. The van der Waals surface area contributed by atoms with E-state index in [4.69, 9.17) is 14.1 Å². The third-order valence-electron chi connectivity index (χ3n) is 11.0. The summed E-state index contributed by atoms with van der Waals surface area (Å²) in [6.07, 6.45) is -0.453. The molecule has 11 rings (SSSR count). The quantitative estimate of drug-likeness (QED) is 0.150. The summed E-state index contributed by atoms with van der Waals surface area (Å²) in [7, 11) is 0. The van der Waals surface area contributed by atoms with Crippen LogP contribution in [0.15, 0.2) is 57.7 Å². The number of fused-ring (bicyclic) bond motifs is 3. The molecule has 2 aromatic carbocycles. The molecular formula is C38H27F5N6O4S. The SMILES string of the molecule is O=C1c2c(nc(CCc3ccc(F)cc3)c(-c3n[nH]c(=O)o3)c2-c2cc3cc(C(F)F)nc(NC4CCOc5c(F)cc(F)cc54)c3s2)C23CC(CN12)C3. The third kappa shape index (κ3) is 4.98. The Labute approximate surface area is 306 Å². The van der Waals surface area contributed by atoms with Crippen molar-refractivity contribution in [1.29, 1.82) is 0 Å². The lowest BCUT2D eigenvalue weighted by molar-refractivity contribution is 0.0637. The molecule has 2 bridgehead atoms. The number of halogens is 5. The van der Waals surface area contributed by atoms with Crippen molar-refractivity contribution in [1.82, 2.24) is 25.1 Å². The molecule has 2 N–H and O–H groups in total. The molecule has 2 saturated heterocycles. The van der Waals surface area contributed by atoms with Crippen LogP contribution in [0.5, 0.6) is 5.75 Å². The Morgan fingerprint density at radius 2 is 1.80 bits per heavy atom. The first kappa shape index (κ1) is 33.0. The van der Waals surface area contributed by atoms with E-state index in [0.29, 0.717) is 68.3 Å². The summed E-state index contributed by atoms with van der Waals surface area (Å²) in [6.45, 7) is 0.659. The lowest BCUT2D eigenvalue weighted by atomic mass is 9.71. The Hall–Kier alpha value is -5.64. The van der Waals surface area contributed by atoms with Crippen LogP contribution in [0.25, 0.3) is 32.0 Å². The average Bonchev–Trinajstić information content (AvgIpc) is 3.95. The Bertz CT molecular complexity index is 2600. The number of rotatable bonds is 8. The first-order chi connectivity index (χ1) is 26.1. The van der Waals surface area contributed by atoms with Gasteiger partial charge in [0.05, 0.1) is 45.4 Å². The largest absolute Gasteiger partial charge is 0.490 e. The number of aryl methyl sites for hydroxylation is 2. The molecule has 1 spiro atoms. The van der Waals surface area contributed by atoms with E-state index in [9.17, 15) is 31.5 Å². The van der Waals surface area contributed by atoms with E-state index in [1.165, 1.54) is 29.5 Å². The van der Waals surface area contributed by atoms with Crippen LogP contribution >= 0.6 is 11.3 Å². The Kier molecular flexibility index (Phi) is 7.28. The number of nitrogens with zero attached hydrogens (tertiary/aromatic N) is 4. The first-order valence-corrected chi connectivity index (χ1v) is 18.2. The number of carbonyl (C=O) groups is 1. The van der Waals surface area contributed by atoms with Gasteiger partial charge in [0, 0.05) is 35.0 Å². The van der Waals surface area contributed by atoms with E-state index in [2.05, 4.69) is 20.5 Å². The van der Waals surface area contributed by atoms with E-state index >= 15 is 0 Å². The van der Waals surface area contributed by atoms with Crippen molar-refractivity contribution in [3.8, 4) is 27.6 Å². The van der Waals surface area contributed by atoms with Crippen LogP contribution in [-0.4, -0.2) is 44.1 Å². The highest BCUT2D eigenvalue weighted by atomic mass is 32.1. The summed E-state index contributed by atoms with van der Waals surface area (Å²) in [5, 5.41) is 10.0. The molecule has 1 saturated carbocycles. The summed E-state index contributed by atoms with van der Waals surface area (Å²) < 4.78 is 83.1. The molecule has 3 fully saturated rings. The standard InChI is InChI=1S/C38H27F5N6O4S/c39-19-4-1-16(2-5-19)3-6-24-27(35-47-48-37(51)53-35)28(29-32(44-24)38-13-17(14-38)15-49(38)36(29)50)26-10-18-9-25(33(42)43)46-34(31(18)54-26)45-23-7-8-52-30-21(23)11-20(40)12-22(30)41/h1-2,4-5,9-12,17,23,33H,3,6-8,13-15H2,(H,45,46)(H,48,51). The lowest BCUT2D eigenvalue weighted by Gasteiger charge is -2.37. The second-order valence-corrected chi connectivity index (χ2v) is 15.2. The number of aromatic nitrogens is 4. The monoisotopic (exact) mass is 758 g/mol. The summed E-state index contributed by atoms with van der Waals surface area (Å²) in [4.78, 5) is 38.6. The normalized spacial score (nSPS) is 20.9. The molecule has 1 unspecified atom stereocenters. The molecule has 5 aliphatic rings. The maximum atomic E-state index is 14.7. The van der Waals surface area contributed by atoms with Crippen molar-refractivity contribution in [3.63, 3.8) is 0 Å². The summed E-state index contributed by atoms with van der Waals surface area (Å²) >= 11 is 1.17. The number of thiophene rings is 1. The van der Waals surface area contributed by atoms with Gasteiger partial charge in [0.1, 0.15) is 23.1 Å². The number of carbonyl (C=O) groups excluding carboxylic acids is 1. The van der Waals surface area contributed by atoms with E-state index < -0.39 is 41.1 Å². The van der Waals surface area contributed by atoms with Gasteiger partial charge in [0.2, 0.25) is 0 Å². The molecule has 0 radical (unpaired) electrons. The Balaban J connectivity index is 1.18. The van der Waals surface area contributed by atoms with Gasteiger partial charge in [0.15, 0.2) is 11.6 Å². The van der Waals surface area contributed by atoms with Crippen LogP contribution in [0.4, 0.5) is 27.8 Å². The zero-order valence-electron chi connectivity index (χ0n) is 28.0. The summed E-state index contributed by atoms with van der Waals surface area (Å²) in [6, 6.07) is 10.1. The van der Waals surface area contributed by atoms with Crippen molar-refractivity contribution in [2.75, 3.05) is 18.5 Å². The van der Waals surface area contributed by atoms with E-state index in [0.717, 1.165) is 30.5 Å². The van der Waals surface area contributed by atoms with Crippen molar-refractivity contribution in [2.45, 2.75) is 50.1 Å². The van der Waals surface area contributed by atoms with E-state index in [-0.39, 0.29) is 47.8 Å².